The van der Waals surface area contributed by atoms with Crippen LogP contribution in [0.15, 0.2) is 42.7 Å². The van der Waals surface area contributed by atoms with E-state index in [4.69, 9.17) is 0 Å². The monoisotopic (exact) mass is 341 g/mol. The van der Waals surface area contributed by atoms with Crippen LogP contribution in [0.3, 0.4) is 0 Å². The Bertz CT molecular complexity index is 783. The van der Waals surface area contributed by atoms with E-state index in [9.17, 15) is 17.2 Å². The lowest BCUT2D eigenvalue weighted by molar-refractivity contribution is 0.371. The van der Waals surface area contributed by atoms with Gasteiger partial charge in [0.05, 0.1) is 6.04 Å². The summed E-state index contributed by atoms with van der Waals surface area (Å²) in [6.45, 7) is 0. The highest BCUT2D eigenvalue weighted by molar-refractivity contribution is 7.86. The number of halogens is 2. The van der Waals surface area contributed by atoms with E-state index in [1.54, 1.807) is 12.1 Å². The van der Waals surface area contributed by atoms with Crippen molar-refractivity contribution in [2.45, 2.75) is 6.04 Å². The van der Waals surface area contributed by atoms with Gasteiger partial charge in [-0.25, -0.2) is 8.78 Å². The molecule has 0 N–H and O–H groups in total. The molecule has 23 heavy (non-hydrogen) atoms. The molecular formula is C15H17F2N3O2S. The highest BCUT2D eigenvalue weighted by atomic mass is 32.2. The third-order valence-electron chi connectivity index (χ3n) is 3.45. The maximum atomic E-state index is 14.2. The molecule has 124 valence electrons. The molecule has 1 atom stereocenters. The number of aromatic nitrogens is 1. The van der Waals surface area contributed by atoms with E-state index in [0.717, 1.165) is 20.7 Å². The first-order chi connectivity index (χ1) is 10.7. The molecule has 8 heteroatoms. The van der Waals surface area contributed by atoms with Crippen LogP contribution in [0.25, 0.3) is 0 Å². The standard InChI is InChI=1S/C15H17F2N3O2S/c1-19(2)23(21,22)20(3)15(11-5-4-8-18-10-11)13-7-6-12(16)9-14(13)17/h4-10,15H,1-3H3. The molecule has 0 spiro atoms. The topological polar surface area (TPSA) is 53.5 Å². The number of nitrogens with zero attached hydrogens (tertiary/aromatic N) is 3. The van der Waals surface area contributed by atoms with E-state index >= 15 is 0 Å². The van der Waals surface area contributed by atoms with Gasteiger partial charge in [0.1, 0.15) is 11.6 Å². The summed E-state index contributed by atoms with van der Waals surface area (Å²) < 4.78 is 54.3. The molecule has 2 rings (SSSR count). The molecule has 0 radical (unpaired) electrons. The van der Waals surface area contributed by atoms with Gasteiger partial charge in [0.25, 0.3) is 10.2 Å². The summed E-state index contributed by atoms with van der Waals surface area (Å²) >= 11 is 0. The number of pyridine rings is 1. The van der Waals surface area contributed by atoms with E-state index in [1.807, 2.05) is 0 Å². The Morgan fingerprint density at radius 2 is 1.83 bits per heavy atom. The molecule has 1 unspecified atom stereocenters. The van der Waals surface area contributed by atoms with Crippen molar-refractivity contribution in [1.82, 2.24) is 13.6 Å². The molecule has 1 aromatic heterocycles. The number of hydrogen-bond donors (Lipinski definition) is 0. The van der Waals surface area contributed by atoms with Gasteiger partial charge in [0, 0.05) is 45.2 Å². The smallest absolute Gasteiger partial charge is 0.264 e. The maximum absolute atomic E-state index is 14.2. The summed E-state index contributed by atoms with van der Waals surface area (Å²) in [5.74, 6) is -1.55. The van der Waals surface area contributed by atoms with Crippen LogP contribution in [0, 0.1) is 11.6 Å². The minimum Gasteiger partial charge on any atom is -0.264 e. The second-order valence-corrected chi connectivity index (χ2v) is 7.36. The lowest BCUT2D eigenvalue weighted by atomic mass is 10.00. The molecule has 0 amide bonds. The van der Waals surface area contributed by atoms with E-state index in [1.165, 1.54) is 39.6 Å². The molecule has 5 nitrogen and oxygen atoms in total. The molecule has 0 aliphatic rings. The lowest BCUT2D eigenvalue weighted by Gasteiger charge is -2.30. The molecule has 0 saturated heterocycles. The zero-order valence-electron chi connectivity index (χ0n) is 12.9. The van der Waals surface area contributed by atoms with Crippen LogP contribution in [-0.2, 0) is 10.2 Å². The van der Waals surface area contributed by atoms with Crippen molar-refractivity contribution in [3.63, 3.8) is 0 Å². The average Bonchev–Trinajstić information content (AvgIpc) is 2.50. The fourth-order valence-electron chi connectivity index (χ4n) is 2.24. The highest BCUT2D eigenvalue weighted by Gasteiger charge is 2.32. The van der Waals surface area contributed by atoms with Gasteiger partial charge >= 0.3 is 0 Å². The first-order valence-corrected chi connectivity index (χ1v) is 8.15. The summed E-state index contributed by atoms with van der Waals surface area (Å²) in [6.07, 6.45) is 2.98. The number of hydrogen-bond acceptors (Lipinski definition) is 3. The van der Waals surface area contributed by atoms with Crippen LogP contribution >= 0.6 is 0 Å². The summed E-state index contributed by atoms with van der Waals surface area (Å²) in [7, 11) is 0.286. The third kappa shape index (κ3) is 3.54. The average molecular weight is 341 g/mol. The lowest BCUT2D eigenvalue weighted by Crippen LogP contribution is -2.40. The van der Waals surface area contributed by atoms with Gasteiger partial charge in [-0.2, -0.15) is 17.0 Å². The van der Waals surface area contributed by atoms with Crippen LogP contribution in [0.4, 0.5) is 8.78 Å². The molecule has 0 aliphatic heterocycles. The molecule has 0 bridgehead atoms. The largest absolute Gasteiger partial charge is 0.282 e. The van der Waals surface area contributed by atoms with Gasteiger partial charge < -0.3 is 0 Å². The van der Waals surface area contributed by atoms with Crippen molar-refractivity contribution in [2.75, 3.05) is 21.1 Å². The Morgan fingerprint density at radius 3 is 2.35 bits per heavy atom. The highest BCUT2D eigenvalue weighted by Crippen LogP contribution is 2.31. The summed E-state index contributed by atoms with van der Waals surface area (Å²) in [5, 5.41) is 0. The quantitative estimate of drug-likeness (QED) is 0.838. The van der Waals surface area contributed by atoms with Crippen LogP contribution in [0.2, 0.25) is 0 Å². The second-order valence-electron chi connectivity index (χ2n) is 5.16. The van der Waals surface area contributed by atoms with Crippen molar-refractivity contribution in [3.8, 4) is 0 Å². The predicted molar refractivity (Wildman–Crippen MR) is 82.8 cm³/mol. The van der Waals surface area contributed by atoms with Crippen LogP contribution in [0.1, 0.15) is 17.2 Å². The van der Waals surface area contributed by atoms with Gasteiger partial charge in [-0.3, -0.25) is 4.98 Å². The first kappa shape index (κ1) is 17.5. The molecule has 0 saturated carbocycles. The summed E-state index contributed by atoms with van der Waals surface area (Å²) in [6, 6.07) is 5.37. The minimum atomic E-state index is -3.82. The third-order valence-corrected chi connectivity index (χ3v) is 5.31. The summed E-state index contributed by atoms with van der Waals surface area (Å²) in [4.78, 5) is 3.96. The molecule has 0 fully saturated rings. The number of rotatable bonds is 5. The minimum absolute atomic E-state index is 0.0484. The SMILES string of the molecule is CN(C)S(=O)(=O)N(C)C(c1cccnc1)c1ccc(F)cc1F. The van der Waals surface area contributed by atoms with Crippen molar-refractivity contribution in [1.29, 1.82) is 0 Å². The van der Waals surface area contributed by atoms with Gasteiger partial charge in [0.15, 0.2) is 0 Å². The van der Waals surface area contributed by atoms with Crippen LogP contribution in [0.5, 0.6) is 0 Å². The van der Waals surface area contributed by atoms with Gasteiger partial charge in [-0.1, -0.05) is 12.1 Å². The zero-order chi connectivity index (χ0) is 17.2. The Balaban J connectivity index is 2.62. The Kier molecular flexibility index (Phi) is 5.08. The normalized spacial score (nSPS) is 13.5. The van der Waals surface area contributed by atoms with E-state index in [2.05, 4.69) is 4.98 Å². The van der Waals surface area contributed by atoms with Crippen LogP contribution < -0.4 is 0 Å². The second kappa shape index (κ2) is 6.69. The van der Waals surface area contributed by atoms with Crippen molar-refractivity contribution in [3.05, 3.63) is 65.5 Å². The fraction of sp³-hybridized carbons (Fsp3) is 0.267. The van der Waals surface area contributed by atoms with Crippen LogP contribution in [-0.4, -0.2) is 43.2 Å². The molecule has 1 aromatic carbocycles. The molecule has 1 heterocycles. The van der Waals surface area contributed by atoms with Gasteiger partial charge in [-0.15, -0.1) is 0 Å². The molecule has 2 aromatic rings. The van der Waals surface area contributed by atoms with Crippen molar-refractivity contribution < 1.29 is 17.2 Å². The van der Waals surface area contributed by atoms with Crippen molar-refractivity contribution >= 4 is 10.2 Å². The molecule has 0 aliphatic carbocycles. The molecular weight excluding hydrogens is 324 g/mol. The Labute approximate surface area is 134 Å². The van der Waals surface area contributed by atoms with Gasteiger partial charge in [0.2, 0.25) is 0 Å². The Morgan fingerprint density at radius 1 is 1.13 bits per heavy atom. The number of benzene rings is 1. The van der Waals surface area contributed by atoms with Crippen molar-refractivity contribution in [2.24, 2.45) is 0 Å². The zero-order valence-corrected chi connectivity index (χ0v) is 13.8. The van der Waals surface area contributed by atoms with E-state index in [0.29, 0.717) is 5.56 Å². The predicted octanol–water partition coefficient (Wildman–Crippen LogP) is 2.19. The first-order valence-electron chi connectivity index (χ1n) is 6.75. The maximum Gasteiger partial charge on any atom is 0.282 e. The van der Waals surface area contributed by atoms with E-state index in [-0.39, 0.29) is 5.56 Å². The summed E-state index contributed by atoms with van der Waals surface area (Å²) in [5.41, 5.74) is 0.526. The fourth-order valence-corrected chi connectivity index (χ4v) is 3.25. The van der Waals surface area contributed by atoms with E-state index < -0.39 is 27.9 Å². The van der Waals surface area contributed by atoms with Gasteiger partial charge in [-0.05, 0) is 17.7 Å². The Hall–Kier alpha value is -1.90.